The quantitative estimate of drug-likeness (QED) is 0.549. The molecule has 0 aliphatic heterocycles. The Morgan fingerprint density at radius 3 is 1.82 bits per heavy atom. The summed E-state index contributed by atoms with van der Waals surface area (Å²) in [6.07, 6.45) is 0. The first-order valence-electron chi connectivity index (χ1n) is 6.23. The predicted molar refractivity (Wildman–Crippen MR) is 74.5 cm³/mol. The number of carboxylic acids is 2. The van der Waals surface area contributed by atoms with Gasteiger partial charge in [0.2, 0.25) is 0 Å². The highest BCUT2D eigenvalue weighted by molar-refractivity contribution is 5.68. The molecule has 0 bridgehead atoms. The zero-order valence-corrected chi connectivity index (χ0v) is 11.6. The summed E-state index contributed by atoms with van der Waals surface area (Å²) in [6, 6.07) is 7.04. The molecule has 0 saturated heterocycles. The Morgan fingerprint density at radius 1 is 0.955 bits per heavy atom. The molecule has 0 radical (unpaired) electrons. The molecule has 1 aromatic rings. The van der Waals surface area contributed by atoms with Crippen LogP contribution in [-0.4, -0.2) is 43.5 Å². The topological polar surface area (TPSA) is 95.9 Å². The maximum Gasteiger partial charge on any atom is 0.329 e. The Morgan fingerprint density at radius 2 is 1.41 bits per heavy atom. The van der Waals surface area contributed by atoms with E-state index in [9.17, 15) is 14.7 Å². The third-order valence-corrected chi connectivity index (χ3v) is 2.14. The molecule has 6 heteroatoms. The molecular formula is C16H13O6-. The van der Waals surface area contributed by atoms with Gasteiger partial charge in [0.25, 0.3) is 0 Å². The van der Waals surface area contributed by atoms with Gasteiger partial charge in [-0.15, -0.1) is 0 Å². The van der Waals surface area contributed by atoms with Gasteiger partial charge in [-0.3, -0.25) is 0 Å². The molecule has 1 N–H and O–H groups in total. The molecule has 0 spiro atoms. The lowest BCUT2D eigenvalue weighted by Crippen LogP contribution is -2.27. The molecule has 22 heavy (non-hydrogen) atoms. The number of ether oxygens (including phenoxy) is 2. The fraction of sp³-hybridized carbons (Fsp3) is 0.250. The van der Waals surface area contributed by atoms with Gasteiger partial charge in [-0.25, -0.2) is 4.79 Å². The Labute approximate surface area is 127 Å². The summed E-state index contributed by atoms with van der Waals surface area (Å²) in [5.74, 6) is 8.68. The van der Waals surface area contributed by atoms with Gasteiger partial charge in [0.05, 0.1) is 12.6 Å². The standard InChI is InChI=1S/C16H14O6/c17-15(18)11-21-9-1-3-13-5-7-14(8-6-13)4-2-10-22-12-16(19)20/h5-8H,9-12H2,(H,17,18)(H,19,20)/p-1. The lowest BCUT2D eigenvalue weighted by Gasteiger charge is -1.98. The number of carbonyl (C=O) groups excluding carboxylic acids is 1. The van der Waals surface area contributed by atoms with Gasteiger partial charge in [-0.2, -0.15) is 0 Å². The molecule has 1 aromatic carbocycles. The van der Waals surface area contributed by atoms with Crippen molar-refractivity contribution >= 4 is 11.9 Å². The molecule has 114 valence electrons. The predicted octanol–water partition coefficient (Wildman–Crippen LogP) is -0.743. The Kier molecular flexibility index (Phi) is 7.84. The molecule has 0 unspecified atom stereocenters. The largest absolute Gasteiger partial charge is 0.548 e. The summed E-state index contributed by atoms with van der Waals surface area (Å²) < 4.78 is 9.50. The highest BCUT2D eigenvalue weighted by atomic mass is 16.5. The van der Waals surface area contributed by atoms with E-state index in [0.717, 1.165) is 11.1 Å². The number of hydrogen-bond acceptors (Lipinski definition) is 5. The summed E-state index contributed by atoms with van der Waals surface area (Å²) in [4.78, 5) is 20.3. The van der Waals surface area contributed by atoms with Crippen LogP contribution < -0.4 is 5.11 Å². The zero-order chi connectivity index (χ0) is 16.2. The maximum absolute atomic E-state index is 10.2. The van der Waals surface area contributed by atoms with Crippen LogP contribution in [-0.2, 0) is 19.1 Å². The van der Waals surface area contributed by atoms with Crippen LogP contribution in [0.1, 0.15) is 11.1 Å². The van der Waals surface area contributed by atoms with E-state index >= 15 is 0 Å². The molecule has 0 amide bonds. The highest BCUT2D eigenvalue weighted by Crippen LogP contribution is 2.01. The summed E-state index contributed by atoms with van der Waals surface area (Å²) in [6.45, 7) is -0.795. The fourth-order valence-corrected chi connectivity index (χ4v) is 1.29. The van der Waals surface area contributed by atoms with E-state index in [4.69, 9.17) is 14.6 Å². The maximum atomic E-state index is 10.2. The third kappa shape index (κ3) is 8.39. The second-order valence-corrected chi connectivity index (χ2v) is 3.93. The average Bonchev–Trinajstić information content (AvgIpc) is 2.47. The van der Waals surface area contributed by atoms with Crippen molar-refractivity contribution < 1.29 is 29.3 Å². The molecule has 0 aliphatic rings. The van der Waals surface area contributed by atoms with Crippen LogP contribution in [0, 0.1) is 23.7 Å². The van der Waals surface area contributed by atoms with Crippen molar-refractivity contribution in [2.24, 2.45) is 0 Å². The number of rotatable bonds is 6. The number of carbonyl (C=O) groups is 2. The first-order valence-corrected chi connectivity index (χ1v) is 6.23. The van der Waals surface area contributed by atoms with Crippen LogP contribution in [0.3, 0.4) is 0 Å². The molecule has 0 saturated carbocycles. The second-order valence-electron chi connectivity index (χ2n) is 3.93. The first kappa shape index (κ1) is 17.3. The SMILES string of the molecule is O=C([O-])COCC#Cc1ccc(C#CCOCC(=O)O)cc1. The smallest absolute Gasteiger partial charge is 0.329 e. The van der Waals surface area contributed by atoms with E-state index in [0.29, 0.717) is 0 Å². The number of benzene rings is 1. The van der Waals surface area contributed by atoms with Crippen LogP contribution in [0.15, 0.2) is 24.3 Å². The fourth-order valence-electron chi connectivity index (χ4n) is 1.29. The van der Waals surface area contributed by atoms with Crippen LogP contribution in [0.2, 0.25) is 0 Å². The van der Waals surface area contributed by atoms with Crippen molar-refractivity contribution in [3.63, 3.8) is 0 Å². The van der Waals surface area contributed by atoms with E-state index in [-0.39, 0.29) is 19.8 Å². The highest BCUT2D eigenvalue weighted by Gasteiger charge is 1.93. The molecule has 1 rings (SSSR count). The lowest BCUT2D eigenvalue weighted by molar-refractivity contribution is -0.309. The van der Waals surface area contributed by atoms with Crippen molar-refractivity contribution in [3.8, 4) is 23.7 Å². The number of carboxylic acid groups (broad SMARTS) is 2. The van der Waals surface area contributed by atoms with Crippen molar-refractivity contribution in [1.29, 1.82) is 0 Å². The first-order chi connectivity index (χ1) is 10.6. The molecule has 0 fully saturated rings. The van der Waals surface area contributed by atoms with Crippen molar-refractivity contribution in [3.05, 3.63) is 35.4 Å². The molecule has 0 atom stereocenters. The summed E-state index contributed by atoms with van der Waals surface area (Å²) in [7, 11) is 0. The second kappa shape index (κ2) is 10.0. The van der Waals surface area contributed by atoms with Gasteiger partial charge in [-0.05, 0) is 24.3 Å². The van der Waals surface area contributed by atoms with Crippen LogP contribution in [0.25, 0.3) is 0 Å². The summed E-state index contributed by atoms with van der Waals surface area (Å²) in [5, 5.41) is 18.5. The van der Waals surface area contributed by atoms with Gasteiger partial charge in [0, 0.05) is 11.1 Å². The number of aliphatic carboxylic acids is 2. The minimum atomic E-state index is -1.28. The van der Waals surface area contributed by atoms with Gasteiger partial charge >= 0.3 is 5.97 Å². The van der Waals surface area contributed by atoms with E-state index in [1.54, 1.807) is 24.3 Å². The van der Waals surface area contributed by atoms with Crippen molar-refractivity contribution in [2.45, 2.75) is 0 Å². The Hall–Kier alpha value is -2.80. The summed E-state index contributed by atoms with van der Waals surface area (Å²) in [5.41, 5.74) is 1.49. The van der Waals surface area contributed by atoms with E-state index in [1.807, 2.05) is 0 Å². The van der Waals surface area contributed by atoms with Crippen LogP contribution in [0.5, 0.6) is 0 Å². The normalized spacial score (nSPS) is 9.09. The minimum absolute atomic E-state index is 0.0104. The molecule has 6 nitrogen and oxygen atoms in total. The van der Waals surface area contributed by atoms with Crippen LogP contribution in [0.4, 0.5) is 0 Å². The monoisotopic (exact) mass is 301 g/mol. The zero-order valence-electron chi connectivity index (χ0n) is 11.6. The Balaban J connectivity index is 2.40. The Bertz CT molecular complexity index is 568. The van der Waals surface area contributed by atoms with E-state index in [2.05, 4.69) is 23.7 Å². The van der Waals surface area contributed by atoms with Gasteiger partial charge in [0.15, 0.2) is 0 Å². The van der Waals surface area contributed by atoms with Gasteiger partial charge in [-0.1, -0.05) is 23.7 Å². The molecule has 0 heterocycles. The summed E-state index contributed by atoms with van der Waals surface area (Å²) >= 11 is 0. The lowest BCUT2D eigenvalue weighted by atomic mass is 10.1. The van der Waals surface area contributed by atoms with Crippen molar-refractivity contribution in [1.82, 2.24) is 0 Å². The molecular weight excluding hydrogens is 288 g/mol. The number of hydrogen-bond donors (Lipinski definition) is 1. The van der Waals surface area contributed by atoms with E-state index in [1.165, 1.54) is 0 Å². The third-order valence-electron chi connectivity index (χ3n) is 2.14. The molecule has 0 aliphatic carbocycles. The average molecular weight is 301 g/mol. The van der Waals surface area contributed by atoms with E-state index < -0.39 is 18.5 Å². The van der Waals surface area contributed by atoms with Crippen LogP contribution >= 0.6 is 0 Å². The van der Waals surface area contributed by atoms with Gasteiger partial charge < -0.3 is 24.5 Å². The van der Waals surface area contributed by atoms with Crippen molar-refractivity contribution in [2.75, 3.05) is 26.4 Å². The minimum Gasteiger partial charge on any atom is -0.548 e. The van der Waals surface area contributed by atoms with Gasteiger partial charge in [0.1, 0.15) is 19.8 Å². The molecule has 0 aromatic heterocycles.